The van der Waals surface area contributed by atoms with Crippen LogP contribution >= 0.6 is 0 Å². The molecule has 0 aromatic carbocycles. The number of hydrogen-bond donors (Lipinski definition) is 0. The molecular weight excluding hydrogens is 182 g/mol. The van der Waals surface area contributed by atoms with Gasteiger partial charge in [0.25, 0.3) is 0 Å². The Morgan fingerprint density at radius 1 is 0.800 bits per heavy atom. The maximum atomic E-state index is 2.81. The van der Waals surface area contributed by atoms with E-state index in [1.165, 1.54) is 58.0 Å². The number of nitrogens with zero attached hydrogens (tertiary/aromatic N) is 1. The molecule has 2 rings (SSSR count). The summed E-state index contributed by atoms with van der Waals surface area (Å²) in [4.78, 5) is 2.81. The molecule has 2 fully saturated rings. The Labute approximate surface area is 95.2 Å². The fourth-order valence-electron chi connectivity index (χ4n) is 3.63. The van der Waals surface area contributed by atoms with Crippen LogP contribution in [0, 0.1) is 11.8 Å². The van der Waals surface area contributed by atoms with Crippen LogP contribution in [0.15, 0.2) is 0 Å². The van der Waals surface area contributed by atoms with Crippen LogP contribution in [0.1, 0.15) is 58.8 Å². The topological polar surface area (TPSA) is 3.24 Å². The highest BCUT2D eigenvalue weighted by atomic mass is 15.2. The number of likely N-dealkylation sites (tertiary alicyclic amines) is 1. The lowest BCUT2D eigenvalue weighted by Gasteiger charge is -2.40. The average Bonchev–Trinajstić information content (AvgIpc) is 2.43. The maximum Gasteiger partial charge on any atom is 0.00954 e. The van der Waals surface area contributed by atoms with Crippen LogP contribution in [0.4, 0.5) is 0 Å². The monoisotopic (exact) mass is 209 g/mol. The van der Waals surface area contributed by atoms with Gasteiger partial charge in [-0.05, 0) is 31.1 Å². The molecule has 1 aliphatic heterocycles. The van der Waals surface area contributed by atoms with E-state index in [2.05, 4.69) is 18.7 Å². The third kappa shape index (κ3) is 3.21. The van der Waals surface area contributed by atoms with Gasteiger partial charge in [0, 0.05) is 19.1 Å². The van der Waals surface area contributed by atoms with Gasteiger partial charge in [0.15, 0.2) is 0 Å². The summed E-state index contributed by atoms with van der Waals surface area (Å²) in [5.74, 6) is 1.86. The van der Waals surface area contributed by atoms with E-state index in [-0.39, 0.29) is 0 Å². The van der Waals surface area contributed by atoms with E-state index in [0.717, 1.165) is 17.9 Å². The Morgan fingerprint density at radius 2 is 1.33 bits per heavy atom. The van der Waals surface area contributed by atoms with Gasteiger partial charge in [0.1, 0.15) is 0 Å². The second kappa shape index (κ2) is 5.34. The van der Waals surface area contributed by atoms with Gasteiger partial charge in [0.2, 0.25) is 0 Å². The molecular formula is C14H27N. The van der Waals surface area contributed by atoms with Crippen molar-refractivity contribution in [3.05, 3.63) is 0 Å². The molecule has 0 spiro atoms. The molecule has 0 amide bonds. The van der Waals surface area contributed by atoms with Gasteiger partial charge in [0.05, 0.1) is 0 Å². The maximum absolute atomic E-state index is 2.81. The van der Waals surface area contributed by atoms with E-state index in [0.29, 0.717) is 0 Å². The van der Waals surface area contributed by atoms with Crippen molar-refractivity contribution in [3.8, 4) is 0 Å². The van der Waals surface area contributed by atoms with E-state index in [1.54, 1.807) is 0 Å². The highest BCUT2D eigenvalue weighted by Gasteiger charge is 2.27. The largest absolute Gasteiger partial charge is 0.300 e. The molecule has 15 heavy (non-hydrogen) atoms. The van der Waals surface area contributed by atoms with E-state index >= 15 is 0 Å². The normalized spacial score (nSPS) is 36.4. The summed E-state index contributed by atoms with van der Waals surface area (Å²) in [6.07, 6.45) is 10.3. The van der Waals surface area contributed by atoms with E-state index in [9.17, 15) is 0 Å². The molecule has 1 aliphatic carbocycles. The molecule has 1 heteroatoms. The number of hydrogen-bond acceptors (Lipinski definition) is 1. The summed E-state index contributed by atoms with van der Waals surface area (Å²) in [5.41, 5.74) is 0. The van der Waals surface area contributed by atoms with Gasteiger partial charge in [-0.15, -0.1) is 0 Å². The zero-order valence-corrected chi connectivity index (χ0v) is 10.5. The van der Waals surface area contributed by atoms with Gasteiger partial charge >= 0.3 is 0 Å². The van der Waals surface area contributed by atoms with E-state index in [1.807, 2.05) is 0 Å². The third-order valence-corrected chi connectivity index (χ3v) is 4.24. The predicted octanol–water partition coefficient (Wildman–Crippen LogP) is 3.69. The predicted molar refractivity (Wildman–Crippen MR) is 66.0 cm³/mol. The molecule has 0 bridgehead atoms. The Bertz CT molecular complexity index is 172. The first kappa shape index (κ1) is 11.4. The molecule has 1 saturated heterocycles. The van der Waals surface area contributed by atoms with Crippen molar-refractivity contribution in [2.75, 3.05) is 13.1 Å². The summed E-state index contributed by atoms with van der Waals surface area (Å²) in [5, 5.41) is 0. The summed E-state index contributed by atoms with van der Waals surface area (Å²) < 4.78 is 0. The lowest BCUT2D eigenvalue weighted by atomic mass is 9.90. The minimum Gasteiger partial charge on any atom is -0.300 e. The smallest absolute Gasteiger partial charge is 0.00954 e. The quantitative estimate of drug-likeness (QED) is 0.595. The van der Waals surface area contributed by atoms with Crippen LogP contribution in [0.3, 0.4) is 0 Å². The summed E-state index contributed by atoms with van der Waals surface area (Å²) in [7, 11) is 0. The summed E-state index contributed by atoms with van der Waals surface area (Å²) in [6, 6.07) is 0.928. The van der Waals surface area contributed by atoms with Crippen LogP contribution in [0.2, 0.25) is 0 Å². The number of piperidine rings is 1. The highest BCUT2D eigenvalue weighted by Crippen LogP contribution is 2.28. The summed E-state index contributed by atoms with van der Waals surface area (Å²) in [6.45, 7) is 7.60. The average molecular weight is 209 g/mol. The molecule has 0 N–H and O–H groups in total. The molecule has 0 aromatic rings. The van der Waals surface area contributed by atoms with Gasteiger partial charge in [-0.2, -0.15) is 0 Å². The zero-order valence-electron chi connectivity index (χ0n) is 10.5. The van der Waals surface area contributed by atoms with E-state index in [4.69, 9.17) is 0 Å². The minimum atomic E-state index is 0.928. The van der Waals surface area contributed by atoms with Gasteiger partial charge < -0.3 is 0 Å². The molecule has 1 heterocycles. The Balaban J connectivity index is 1.89. The molecule has 1 unspecified atom stereocenters. The van der Waals surface area contributed by atoms with Gasteiger partial charge in [-0.3, -0.25) is 4.90 Å². The first-order valence-corrected chi connectivity index (χ1v) is 6.99. The van der Waals surface area contributed by atoms with Crippen molar-refractivity contribution >= 4 is 0 Å². The molecule has 2 atom stereocenters. The summed E-state index contributed by atoms with van der Waals surface area (Å²) >= 11 is 0. The van der Waals surface area contributed by atoms with Crippen molar-refractivity contribution in [2.24, 2.45) is 11.8 Å². The Morgan fingerprint density at radius 3 is 1.87 bits per heavy atom. The van der Waals surface area contributed by atoms with Crippen molar-refractivity contribution in [1.29, 1.82) is 0 Å². The molecule has 0 radical (unpaired) electrons. The van der Waals surface area contributed by atoms with E-state index < -0.39 is 0 Å². The second-order valence-electron chi connectivity index (χ2n) is 6.05. The molecule has 88 valence electrons. The Hall–Kier alpha value is -0.0400. The van der Waals surface area contributed by atoms with Crippen LogP contribution in [-0.4, -0.2) is 24.0 Å². The molecule has 2 aliphatic rings. The van der Waals surface area contributed by atoms with Crippen LogP contribution in [0.25, 0.3) is 0 Å². The first-order chi connectivity index (χ1) is 7.25. The van der Waals surface area contributed by atoms with Crippen LogP contribution in [-0.2, 0) is 0 Å². The first-order valence-electron chi connectivity index (χ1n) is 6.99. The SMILES string of the molecule is CC1C[C@H](C)CN(C2CCCCCC2)C1. The highest BCUT2D eigenvalue weighted by molar-refractivity contribution is 4.81. The lowest BCUT2D eigenvalue weighted by Crippen LogP contribution is -2.44. The van der Waals surface area contributed by atoms with Crippen molar-refractivity contribution in [1.82, 2.24) is 4.90 Å². The van der Waals surface area contributed by atoms with Crippen molar-refractivity contribution in [2.45, 2.75) is 64.8 Å². The third-order valence-electron chi connectivity index (χ3n) is 4.24. The Kier molecular flexibility index (Phi) is 4.07. The second-order valence-corrected chi connectivity index (χ2v) is 6.05. The minimum absolute atomic E-state index is 0.928. The van der Waals surface area contributed by atoms with Crippen LogP contribution in [0.5, 0.6) is 0 Å². The fraction of sp³-hybridized carbons (Fsp3) is 1.00. The molecule has 1 nitrogen and oxygen atoms in total. The molecule has 1 saturated carbocycles. The zero-order chi connectivity index (χ0) is 10.7. The van der Waals surface area contributed by atoms with Crippen molar-refractivity contribution < 1.29 is 0 Å². The fourth-order valence-corrected chi connectivity index (χ4v) is 3.63. The lowest BCUT2D eigenvalue weighted by molar-refractivity contribution is 0.0873. The standard InChI is InChI=1S/C14H27N/c1-12-9-13(2)11-15(10-12)14-7-5-3-4-6-8-14/h12-14H,3-11H2,1-2H3/t12-,13?/m0/s1. The number of rotatable bonds is 1. The van der Waals surface area contributed by atoms with Crippen molar-refractivity contribution in [3.63, 3.8) is 0 Å². The molecule has 0 aromatic heterocycles. The van der Waals surface area contributed by atoms with Gasteiger partial charge in [-0.25, -0.2) is 0 Å². The van der Waals surface area contributed by atoms with Gasteiger partial charge in [-0.1, -0.05) is 39.5 Å². The van der Waals surface area contributed by atoms with Crippen LogP contribution < -0.4 is 0 Å².